The number of imidazole rings is 1. The molecule has 4 rings (SSSR count). The van der Waals surface area contributed by atoms with E-state index in [9.17, 15) is 0 Å². The number of halogens is 1. The molecule has 0 aliphatic heterocycles. The van der Waals surface area contributed by atoms with Crippen LogP contribution in [0.1, 0.15) is 22.6 Å². The summed E-state index contributed by atoms with van der Waals surface area (Å²) >= 11 is 5.93. The van der Waals surface area contributed by atoms with E-state index in [0.717, 1.165) is 28.3 Å². The molecule has 0 bridgehead atoms. The third-order valence-corrected chi connectivity index (χ3v) is 4.95. The minimum atomic E-state index is 0.193. The zero-order valence-corrected chi connectivity index (χ0v) is 18.7. The molecule has 0 atom stereocenters. The van der Waals surface area contributed by atoms with Gasteiger partial charge in [0.1, 0.15) is 18.2 Å². The SMILES string of the molecule is COc1nc(Cc2ccc(-n3cnc(C)c3)c(OC)c2)nc(OCc2ccc(Cl)cc2)n1. The number of ether oxygens (including phenoxy) is 3. The zero-order valence-electron chi connectivity index (χ0n) is 17.9. The van der Waals surface area contributed by atoms with E-state index in [2.05, 4.69) is 19.9 Å². The van der Waals surface area contributed by atoms with Crippen molar-refractivity contribution in [2.75, 3.05) is 14.2 Å². The Morgan fingerprint density at radius 3 is 2.34 bits per heavy atom. The summed E-state index contributed by atoms with van der Waals surface area (Å²) in [5.41, 5.74) is 3.75. The summed E-state index contributed by atoms with van der Waals surface area (Å²) in [6, 6.07) is 13.7. The average molecular weight is 452 g/mol. The van der Waals surface area contributed by atoms with Crippen LogP contribution in [0.2, 0.25) is 5.02 Å². The fraction of sp³-hybridized carbons (Fsp3) is 0.217. The number of aromatic nitrogens is 5. The molecule has 0 spiro atoms. The van der Waals surface area contributed by atoms with Crippen molar-refractivity contribution < 1.29 is 14.2 Å². The van der Waals surface area contributed by atoms with Gasteiger partial charge in [0.15, 0.2) is 0 Å². The van der Waals surface area contributed by atoms with Gasteiger partial charge in [0.05, 0.1) is 31.9 Å². The molecule has 4 aromatic rings. The molecule has 164 valence electrons. The third kappa shape index (κ3) is 5.15. The van der Waals surface area contributed by atoms with Crippen molar-refractivity contribution in [1.29, 1.82) is 0 Å². The molecule has 9 heteroatoms. The van der Waals surface area contributed by atoms with Gasteiger partial charge in [0, 0.05) is 17.6 Å². The molecule has 0 aliphatic carbocycles. The second kappa shape index (κ2) is 9.65. The van der Waals surface area contributed by atoms with Crippen molar-refractivity contribution in [1.82, 2.24) is 24.5 Å². The molecular weight excluding hydrogens is 430 g/mol. The van der Waals surface area contributed by atoms with Gasteiger partial charge < -0.3 is 18.8 Å². The van der Waals surface area contributed by atoms with E-state index in [1.54, 1.807) is 13.4 Å². The molecule has 0 saturated carbocycles. The van der Waals surface area contributed by atoms with Crippen LogP contribution in [0, 0.1) is 6.92 Å². The molecule has 2 aromatic heterocycles. The van der Waals surface area contributed by atoms with Crippen molar-refractivity contribution in [2.45, 2.75) is 20.0 Å². The summed E-state index contributed by atoms with van der Waals surface area (Å²) in [6.45, 7) is 2.24. The molecule has 0 N–H and O–H groups in total. The normalized spacial score (nSPS) is 10.8. The van der Waals surface area contributed by atoms with Gasteiger partial charge in [-0.2, -0.15) is 9.97 Å². The molecule has 32 heavy (non-hydrogen) atoms. The summed E-state index contributed by atoms with van der Waals surface area (Å²) < 4.78 is 18.5. The Balaban J connectivity index is 1.54. The van der Waals surface area contributed by atoms with Gasteiger partial charge in [-0.25, -0.2) is 4.98 Å². The van der Waals surface area contributed by atoms with Gasteiger partial charge in [-0.3, -0.25) is 0 Å². The van der Waals surface area contributed by atoms with Crippen molar-refractivity contribution in [3.63, 3.8) is 0 Å². The first-order valence-corrected chi connectivity index (χ1v) is 10.3. The monoisotopic (exact) mass is 451 g/mol. The predicted molar refractivity (Wildman–Crippen MR) is 120 cm³/mol. The van der Waals surface area contributed by atoms with Crippen LogP contribution in [0.4, 0.5) is 0 Å². The van der Waals surface area contributed by atoms with Crippen LogP contribution in [0.3, 0.4) is 0 Å². The number of benzene rings is 2. The molecule has 0 unspecified atom stereocenters. The van der Waals surface area contributed by atoms with Crippen molar-refractivity contribution in [2.24, 2.45) is 0 Å². The number of hydrogen-bond donors (Lipinski definition) is 0. The second-order valence-electron chi connectivity index (χ2n) is 7.04. The molecule has 2 heterocycles. The minimum absolute atomic E-state index is 0.193. The molecule has 0 aliphatic rings. The lowest BCUT2D eigenvalue weighted by Crippen LogP contribution is -2.07. The quantitative estimate of drug-likeness (QED) is 0.396. The molecule has 2 aromatic carbocycles. The highest BCUT2D eigenvalue weighted by Crippen LogP contribution is 2.26. The minimum Gasteiger partial charge on any atom is -0.495 e. The Labute approximate surface area is 190 Å². The third-order valence-electron chi connectivity index (χ3n) is 4.70. The largest absolute Gasteiger partial charge is 0.495 e. The van der Waals surface area contributed by atoms with Crippen LogP contribution < -0.4 is 14.2 Å². The molecule has 0 amide bonds. The summed E-state index contributed by atoms with van der Waals surface area (Å²) in [7, 11) is 3.15. The fourth-order valence-electron chi connectivity index (χ4n) is 3.12. The number of methoxy groups -OCH3 is 2. The Bertz CT molecular complexity index is 1210. The summed E-state index contributed by atoms with van der Waals surface area (Å²) in [4.78, 5) is 17.3. The average Bonchev–Trinajstić information content (AvgIpc) is 3.24. The molecule has 8 nitrogen and oxygen atoms in total. The van der Waals surface area contributed by atoms with Crippen LogP contribution in [0.15, 0.2) is 55.0 Å². The van der Waals surface area contributed by atoms with Crippen LogP contribution in [0.25, 0.3) is 5.69 Å². The van der Waals surface area contributed by atoms with Gasteiger partial charge in [0.2, 0.25) is 0 Å². The van der Waals surface area contributed by atoms with E-state index in [0.29, 0.717) is 23.9 Å². The lowest BCUT2D eigenvalue weighted by atomic mass is 10.1. The standard InChI is InChI=1S/C23H22ClN5O3/c1-15-12-29(14-25-15)19-9-6-17(10-20(19)30-2)11-21-26-22(31-3)28-23(27-21)32-13-16-4-7-18(24)8-5-16/h4-10,12,14H,11,13H2,1-3H3. The van der Waals surface area contributed by atoms with Crippen LogP contribution in [-0.4, -0.2) is 38.7 Å². The molecule has 0 radical (unpaired) electrons. The van der Waals surface area contributed by atoms with Crippen molar-refractivity contribution in [3.05, 3.63) is 82.7 Å². The summed E-state index contributed by atoms with van der Waals surface area (Å²) in [6.07, 6.45) is 4.16. The van der Waals surface area contributed by atoms with Crippen molar-refractivity contribution in [3.8, 4) is 23.5 Å². The summed E-state index contributed by atoms with van der Waals surface area (Å²) in [5.74, 6) is 1.25. The van der Waals surface area contributed by atoms with Gasteiger partial charge in [-0.15, -0.1) is 4.98 Å². The lowest BCUT2D eigenvalue weighted by Gasteiger charge is -2.12. The molecule has 0 fully saturated rings. The highest BCUT2D eigenvalue weighted by Gasteiger charge is 2.12. The maximum atomic E-state index is 5.93. The van der Waals surface area contributed by atoms with E-state index in [1.165, 1.54) is 7.11 Å². The Morgan fingerprint density at radius 1 is 0.906 bits per heavy atom. The number of rotatable bonds is 8. The highest BCUT2D eigenvalue weighted by atomic mass is 35.5. The van der Waals surface area contributed by atoms with E-state index < -0.39 is 0 Å². The fourth-order valence-corrected chi connectivity index (χ4v) is 3.25. The first-order chi connectivity index (χ1) is 15.5. The Kier molecular flexibility index (Phi) is 6.51. The maximum absolute atomic E-state index is 5.93. The lowest BCUT2D eigenvalue weighted by molar-refractivity contribution is 0.268. The summed E-state index contributed by atoms with van der Waals surface area (Å²) in [5, 5.41) is 0.669. The Morgan fingerprint density at radius 2 is 1.66 bits per heavy atom. The molecular formula is C23H22ClN5O3. The number of nitrogens with zero attached hydrogens (tertiary/aromatic N) is 5. The topological polar surface area (TPSA) is 84.2 Å². The maximum Gasteiger partial charge on any atom is 0.323 e. The first-order valence-electron chi connectivity index (χ1n) is 9.88. The van der Waals surface area contributed by atoms with E-state index >= 15 is 0 Å². The Hall–Kier alpha value is -3.65. The smallest absolute Gasteiger partial charge is 0.323 e. The second-order valence-corrected chi connectivity index (χ2v) is 7.48. The highest BCUT2D eigenvalue weighted by molar-refractivity contribution is 6.30. The van der Waals surface area contributed by atoms with E-state index in [-0.39, 0.29) is 12.0 Å². The van der Waals surface area contributed by atoms with Gasteiger partial charge in [0.25, 0.3) is 0 Å². The number of hydrogen-bond acceptors (Lipinski definition) is 7. The van der Waals surface area contributed by atoms with Crippen molar-refractivity contribution >= 4 is 11.6 Å². The predicted octanol–water partition coefficient (Wildman–Crippen LogP) is 4.21. The first kappa shape index (κ1) is 21.6. The number of aryl methyl sites for hydroxylation is 1. The molecule has 0 saturated heterocycles. The van der Waals surface area contributed by atoms with E-state index in [4.69, 9.17) is 25.8 Å². The van der Waals surface area contributed by atoms with Crippen LogP contribution >= 0.6 is 11.6 Å². The van der Waals surface area contributed by atoms with Crippen LogP contribution in [-0.2, 0) is 13.0 Å². The van der Waals surface area contributed by atoms with Gasteiger partial charge in [-0.05, 0) is 42.3 Å². The van der Waals surface area contributed by atoms with Gasteiger partial charge >= 0.3 is 12.0 Å². The van der Waals surface area contributed by atoms with Gasteiger partial charge in [-0.1, -0.05) is 29.8 Å². The van der Waals surface area contributed by atoms with Crippen LogP contribution in [0.5, 0.6) is 17.8 Å². The van der Waals surface area contributed by atoms with E-state index in [1.807, 2.05) is 60.2 Å². The zero-order chi connectivity index (χ0) is 22.5.